The smallest absolute Gasteiger partial charge is 0.192 e. The van der Waals surface area contributed by atoms with Crippen molar-refractivity contribution in [1.82, 2.24) is 10.4 Å². The topological polar surface area (TPSA) is 40.0 Å². The zero-order valence-corrected chi connectivity index (χ0v) is 17.5. The summed E-state index contributed by atoms with van der Waals surface area (Å²) < 4.78 is 0. The van der Waals surface area contributed by atoms with Crippen LogP contribution in [0.25, 0.3) is 0 Å². The highest BCUT2D eigenvalue weighted by Gasteiger charge is 2.26. The van der Waals surface area contributed by atoms with Crippen molar-refractivity contribution in [3.8, 4) is 0 Å². The SMILES string of the molecule is CN1NC(=Nc2ccc(C(C)(C)C)cc2)C1=Nc1ccc(C(C)(C)C)cc1. The summed E-state index contributed by atoms with van der Waals surface area (Å²) >= 11 is 0. The summed E-state index contributed by atoms with van der Waals surface area (Å²) in [5.41, 5.74) is 7.95. The molecule has 0 unspecified atom stereocenters. The van der Waals surface area contributed by atoms with Crippen molar-refractivity contribution in [3.05, 3.63) is 59.7 Å². The number of rotatable bonds is 2. The molecule has 0 aliphatic carbocycles. The number of hydrogen-bond donors (Lipinski definition) is 1. The Kier molecular flexibility index (Phi) is 4.85. The molecule has 4 nitrogen and oxygen atoms in total. The average Bonchev–Trinajstić information content (AvgIpc) is 2.59. The average molecular weight is 363 g/mol. The Morgan fingerprint density at radius 3 is 1.44 bits per heavy atom. The molecule has 0 radical (unpaired) electrons. The van der Waals surface area contributed by atoms with Gasteiger partial charge in [-0.2, -0.15) is 0 Å². The molecule has 0 atom stereocenters. The first-order chi connectivity index (χ1) is 12.5. The van der Waals surface area contributed by atoms with Gasteiger partial charge < -0.3 is 0 Å². The summed E-state index contributed by atoms with van der Waals surface area (Å²) in [6.45, 7) is 13.3. The van der Waals surface area contributed by atoms with Crippen LogP contribution in [0.4, 0.5) is 11.4 Å². The maximum Gasteiger partial charge on any atom is 0.192 e. The van der Waals surface area contributed by atoms with E-state index in [0.717, 1.165) is 23.0 Å². The molecule has 2 aromatic carbocycles. The zero-order chi connectivity index (χ0) is 19.8. The van der Waals surface area contributed by atoms with E-state index in [-0.39, 0.29) is 10.8 Å². The molecule has 1 fully saturated rings. The van der Waals surface area contributed by atoms with E-state index in [2.05, 4.69) is 95.5 Å². The fourth-order valence-corrected chi connectivity index (χ4v) is 2.89. The van der Waals surface area contributed by atoms with Crippen molar-refractivity contribution in [3.63, 3.8) is 0 Å². The number of aliphatic imine (C=N–C) groups is 2. The second-order valence-corrected chi connectivity index (χ2v) is 9.16. The molecule has 0 saturated carbocycles. The minimum absolute atomic E-state index is 0.145. The van der Waals surface area contributed by atoms with Gasteiger partial charge >= 0.3 is 0 Å². The molecule has 0 bridgehead atoms. The van der Waals surface area contributed by atoms with E-state index in [1.165, 1.54) is 11.1 Å². The molecule has 2 aromatic rings. The fourth-order valence-electron chi connectivity index (χ4n) is 2.89. The molecule has 1 saturated heterocycles. The number of nitrogens with one attached hydrogen (secondary N) is 1. The summed E-state index contributed by atoms with van der Waals surface area (Å²) in [6.07, 6.45) is 0. The van der Waals surface area contributed by atoms with Gasteiger partial charge in [-0.15, -0.1) is 0 Å². The summed E-state index contributed by atoms with van der Waals surface area (Å²) in [5, 5.41) is 1.89. The van der Waals surface area contributed by atoms with Gasteiger partial charge in [0.25, 0.3) is 0 Å². The predicted octanol–water partition coefficient (Wildman–Crippen LogP) is 5.49. The molecule has 0 spiro atoms. The summed E-state index contributed by atoms with van der Waals surface area (Å²) in [6, 6.07) is 16.8. The molecule has 0 aromatic heterocycles. The first-order valence-electron chi connectivity index (χ1n) is 9.43. The molecule has 1 aliphatic rings. The Balaban J connectivity index is 1.81. The minimum Gasteiger partial charge on any atom is -0.277 e. The Labute approximate surface area is 163 Å². The van der Waals surface area contributed by atoms with Crippen LogP contribution in [0.1, 0.15) is 52.7 Å². The van der Waals surface area contributed by atoms with Gasteiger partial charge in [0.15, 0.2) is 11.7 Å². The predicted molar refractivity (Wildman–Crippen MR) is 115 cm³/mol. The second-order valence-electron chi connectivity index (χ2n) is 9.16. The lowest BCUT2D eigenvalue weighted by atomic mass is 9.87. The summed E-state index contributed by atoms with van der Waals surface area (Å²) in [7, 11) is 1.95. The van der Waals surface area contributed by atoms with Crippen molar-refractivity contribution < 1.29 is 0 Å². The number of likely N-dealkylation sites (N-methyl/N-ethyl adjacent to an activating group) is 1. The minimum atomic E-state index is 0.145. The van der Waals surface area contributed by atoms with Crippen LogP contribution in [0.5, 0.6) is 0 Å². The van der Waals surface area contributed by atoms with Gasteiger partial charge in [0.05, 0.1) is 11.4 Å². The zero-order valence-electron chi connectivity index (χ0n) is 17.5. The summed E-state index contributed by atoms with van der Waals surface area (Å²) in [5.74, 6) is 1.64. The van der Waals surface area contributed by atoms with Gasteiger partial charge in [-0.05, 0) is 46.2 Å². The van der Waals surface area contributed by atoms with Crippen LogP contribution in [0.3, 0.4) is 0 Å². The Hall–Kier alpha value is -2.62. The molecule has 1 N–H and O–H groups in total. The highest BCUT2D eigenvalue weighted by molar-refractivity contribution is 6.45. The van der Waals surface area contributed by atoms with Gasteiger partial charge in [-0.3, -0.25) is 10.4 Å². The third-order valence-electron chi connectivity index (χ3n) is 4.75. The fraction of sp³-hybridized carbons (Fsp3) is 0.391. The molecule has 3 rings (SSSR count). The van der Waals surface area contributed by atoms with Crippen LogP contribution in [-0.2, 0) is 10.8 Å². The van der Waals surface area contributed by atoms with Gasteiger partial charge in [0.2, 0.25) is 0 Å². The van der Waals surface area contributed by atoms with E-state index in [0.29, 0.717) is 0 Å². The van der Waals surface area contributed by atoms with Crippen molar-refractivity contribution in [1.29, 1.82) is 0 Å². The number of benzene rings is 2. The van der Waals surface area contributed by atoms with Gasteiger partial charge in [-0.25, -0.2) is 9.98 Å². The molecule has 1 aliphatic heterocycles. The van der Waals surface area contributed by atoms with E-state index in [4.69, 9.17) is 9.98 Å². The Bertz CT molecular complexity index is 861. The third-order valence-corrected chi connectivity index (χ3v) is 4.75. The first-order valence-corrected chi connectivity index (χ1v) is 9.43. The third kappa shape index (κ3) is 4.38. The Morgan fingerprint density at radius 1 is 0.667 bits per heavy atom. The van der Waals surface area contributed by atoms with Crippen LogP contribution < -0.4 is 5.43 Å². The molecule has 1 heterocycles. The van der Waals surface area contributed by atoms with E-state index in [1.54, 1.807) is 0 Å². The molecular formula is C23H30N4. The molecular weight excluding hydrogens is 332 g/mol. The standard InChI is InChI=1S/C23H30N4/c1-22(2,3)16-8-12-18(13-9-16)24-20-21(27(7)26-20)25-19-14-10-17(11-15-19)23(4,5)6/h8-15H,1-7H3,(H,24,26). The van der Waals surface area contributed by atoms with Crippen molar-refractivity contribution in [2.75, 3.05) is 7.05 Å². The van der Waals surface area contributed by atoms with E-state index < -0.39 is 0 Å². The van der Waals surface area contributed by atoms with Crippen molar-refractivity contribution in [2.45, 2.75) is 52.4 Å². The monoisotopic (exact) mass is 362 g/mol. The molecule has 0 amide bonds. The summed E-state index contributed by atoms with van der Waals surface area (Å²) in [4.78, 5) is 9.46. The normalized spacial score (nSPS) is 17.8. The molecule has 4 heteroatoms. The van der Waals surface area contributed by atoms with Crippen LogP contribution in [0.15, 0.2) is 58.5 Å². The second kappa shape index (κ2) is 6.84. The van der Waals surface area contributed by atoms with Crippen LogP contribution in [0, 0.1) is 0 Å². The number of nitrogens with zero attached hydrogens (tertiary/aromatic N) is 3. The van der Waals surface area contributed by atoms with E-state index >= 15 is 0 Å². The highest BCUT2D eigenvalue weighted by atomic mass is 15.6. The lowest BCUT2D eigenvalue weighted by Crippen LogP contribution is -2.61. The molecule has 27 heavy (non-hydrogen) atoms. The number of hydrazine groups is 1. The maximum atomic E-state index is 4.75. The van der Waals surface area contributed by atoms with E-state index in [1.807, 2.05) is 12.1 Å². The highest BCUT2D eigenvalue weighted by Crippen LogP contribution is 2.26. The van der Waals surface area contributed by atoms with Gasteiger partial charge in [-0.1, -0.05) is 65.8 Å². The van der Waals surface area contributed by atoms with Crippen LogP contribution in [0.2, 0.25) is 0 Å². The van der Waals surface area contributed by atoms with Crippen LogP contribution >= 0.6 is 0 Å². The Morgan fingerprint density at radius 2 is 1.07 bits per heavy atom. The molecule has 142 valence electrons. The number of hydrogen-bond acceptors (Lipinski definition) is 2. The van der Waals surface area contributed by atoms with Gasteiger partial charge in [0, 0.05) is 7.05 Å². The van der Waals surface area contributed by atoms with Crippen LogP contribution in [-0.4, -0.2) is 23.7 Å². The lowest BCUT2D eigenvalue weighted by molar-refractivity contribution is 0.422. The van der Waals surface area contributed by atoms with Crippen molar-refractivity contribution in [2.24, 2.45) is 9.98 Å². The number of amidine groups is 2. The largest absolute Gasteiger partial charge is 0.277 e. The van der Waals surface area contributed by atoms with E-state index in [9.17, 15) is 0 Å². The lowest BCUT2D eigenvalue weighted by Gasteiger charge is -2.34. The van der Waals surface area contributed by atoms with Gasteiger partial charge in [0.1, 0.15) is 0 Å². The maximum absolute atomic E-state index is 4.75. The quantitative estimate of drug-likeness (QED) is 0.767. The van der Waals surface area contributed by atoms with Crippen molar-refractivity contribution >= 4 is 23.0 Å². The first kappa shape index (κ1) is 19.2.